The van der Waals surface area contributed by atoms with Gasteiger partial charge in [-0.05, 0) is 43.9 Å². The molecule has 116 valence electrons. The molecule has 1 heterocycles. The maximum absolute atomic E-state index is 11.9. The molecule has 1 aromatic heterocycles. The van der Waals surface area contributed by atoms with Crippen molar-refractivity contribution in [3.8, 4) is 0 Å². The first-order valence-electron chi connectivity index (χ1n) is 7.31. The second kappa shape index (κ2) is 8.14. The number of aromatic nitrogens is 1. The maximum atomic E-state index is 11.9. The molecule has 2 aromatic rings. The Morgan fingerprint density at radius 2 is 1.77 bits per heavy atom. The van der Waals surface area contributed by atoms with E-state index in [9.17, 15) is 4.79 Å². The second-order valence-corrected chi connectivity index (χ2v) is 5.35. The van der Waals surface area contributed by atoms with Gasteiger partial charge in [0.1, 0.15) is 0 Å². The van der Waals surface area contributed by atoms with Crippen LogP contribution in [0.5, 0.6) is 0 Å². The van der Waals surface area contributed by atoms with E-state index < -0.39 is 0 Å². The van der Waals surface area contributed by atoms with Crippen molar-refractivity contribution in [2.24, 2.45) is 0 Å². The maximum Gasteiger partial charge on any atom is 0.251 e. The summed E-state index contributed by atoms with van der Waals surface area (Å²) in [5.74, 6) is -0.0874. The lowest BCUT2D eigenvalue weighted by Crippen LogP contribution is -2.22. The topological polar surface area (TPSA) is 57.3 Å². The van der Waals surface area contributed by atoms with Gasteiger partial charge in [0.2, 0.25) is 0 Å². The van der Waals surface area contributed by atoms with Crippen molar-refractivity contribution in [3.05, 3.63) is 59.9 Å². The SMILES string of the molecule is CN(C)CCNc1ccc(CNC(=O)c2ccncc2)cc1. The summed E-state index contributed by atoms with van der Waals surface area (Å²) in [5.41, 5.74) is 2.78. The summed E-state index contributed by atoms with van der Waals surface area (Å²) in [6.07, 6.45) is 3.23. The van der Waals surface area contributed by atoms with Crippen molar-refractivity contribution >= 4 is 11.6 Å². The molecule has 1 aromatic carbocycles. The molecule has 0 aliphatic rings. The van der Waals surface area contributed by atoms with E-state index in [1.807, 2.05) is 24.3 Å². The Morgan fingerprint density at radius 3 is 2.41 bits per heavy atom. The molecule has 2 N–H and O–H groups in total. The van der Waals surface area contributed by atoms with Crippen LogP contribution in [0.25, 0.3) is 0 Å². The lowest BCUT2D eigenvalue weighted by Gasteiger charge is -2.12. The van der Waals surface area contributed by atoms with Crippen LogP contribution in [0.2, 0.25) is 0 Å². The minimum absolute atomic E-state index is 0.0874. The third kappa shape index (κ3) is 5.18. The highest BCUT2D eigenvalue weighted by molar-refractivity contribution is 5.93. The molecule has 0 saturated carbocycles. The molecule has 0 unspecified atom stereocenters. The first kappa shape index (κ1) is 16.0. The van der Waals surface area contributed by atoms with Crippen LogP contribution >= 0.6 is 0 Å². The Labute approximate surface area is 131 Å². The number of rotatable bonds is 7. The number of amides is 1. The number of likely N-dealkylation sites (N-methyl/N-ethyl adjacent to an activating group) is 1. The molecule has 1 amide bonds. The van der Waals surface area contributed by atoms with Crippen LogP contribution in [-0.4, -0.2) is 43.0 Å². The van der Waals surface area contributed by atoms with Gasteiger partial charge in [-0.1, -0.05) is 12.1 Å². The van der Waals surface area contributed by atoms with Crippen molar-refractivity contribution in [1.29, 1.82) is 0 Å². The normalized spacial score (nSPS) is 10.5. The fourth-order valence-electron chi connectivity index (χ4n) is 1.95. The molecule has 0 atom stereocenters. The van der Waals surface area contributed by atoms with Gasteiger partial charge in [0.15, 0.2) is 0 Å². The quantitative estimate of drug-likeness (QED) is 0.821. The van der Waals surface area contributed by atoms with E-state index >= 15 is 0 Å². The fraction of sp³-hybridized carbons (Fsp3) is 0.294. The van der Waals surface area contributed by atoms with Crippen LogP contribution in [0.3, 0.4) is 0 Å². The van der Waals surface area contributed by atoms with Gasteiger partial charge in [0.25, 0.3) is 5.91 Å². The Balaban J connectivity index is 1.80. The molecule has 0 radical (unpaired) electrons. The summed E-state index contributed by atoms with van der Waals surface area (Å²) in [6, 6.07) is 11.5. The van der Waals surface area contributed by atoms with Crippen molar-refractivity contribution < 1.29 is 4.79 Å². The number of anilines is 1. The highest BCUT2D eigenvalue weighted by Crippen LogP contribution is 2.09. The van der Waals surface area contributed by atoms with E-state index in [0.29, 0.717) is 12.1 Å². The summed E-state index contributed by atoms with van der Waals surface area (Å²) in [6.45, 7) is 2.41. The standard InChI is InChI=1S/C17H22N4O/c1-21(2)12-11-19-16-5-3-14(4-6-16)13-20-17(22)15-7-9-18-10-8-15/h3-10,19H,11-13H2,1-2H3,(H,20,22). The molecule has 2 rings (SSSR count). The monoisotopic (exact) mass is 298 g/mol. The van der Waals surface area contributed by atoms with Gasteiger partial charge in [-0.25, -0.2) is 0 Å². The van der Waals surface area contributed by atoms with E-state index in [0.717, 1.165) is 24.3 Å². The molecule has 22 heavy (non-hydrogen) atoms. The van der Waals surface area contributed by atoms with Gasteiger partial charge < -0.3 is 15.5 Å². The number of hydrogen-bond donors (Lipinski definition) is 2. The Bertz CT molecular complexity index is 581. The number of nitrogens with one attached hydrogen (secondary N) is 2. The first-order valence-corrected chi connectivity index (χ1v) is 7.31. The predicted octanol–water partition coefficient (Wildman–Crippen LogP) is 1.99. The van der Waals surface area contributed by atoms with Gasteiger partial charge in [0, 0.05) is 43.3 Å². The second-order valence-electron chi connectivity index (χ2n) is 5.35. The summed E-state index contributed by atoms with van der Waals surface area (Å²) in [5, 5.41) is 6.26. The van der Waals surface area contributed by atoms with Gasteiger partial charge in [-0.3, -0.25) is 9.78 Å². The van der Waals surface area contributed by atoms with Gasteiger partial charge in [0.05, 0.1) is 0 Å². The smallest absolute Gasteiger partial charge is 0.251 e. The molecule has 0 aliphatic heterocycles. The minimum Gasteiger partial charge on any atom is -0.384 e. The highest BCUT2D eigenvalue weighted by Gasteiger charge is 2.04. The van der Waals surface area contributed by atoms with Crippen LogP contribution in [0.15, 0.2) is 48.8 Å². The van der Waals surface area contributed by atoms with Crippen molar-refractivity contribution in [2.75, 3.05) is 32.5 Å². The lowest BCUT2D eigenvalue weighted by molar-refractivity contribution is 0.0951. The third-order valence-corrected chi connectivity index (χ3v) is 3.24. The molecule has 5 heteroatoms. The molecule has 0 bridgehead atoms. The predicted molar refractivity (Wildman–Crippen MR) is 88.9 cm³/mol. The van der Waals surface area contributed by atoms with Crippen LogP contribution < -0.4 is 10.6 Å². The van der Waals surface area contributed by atoms with E-state index in [-0.39, 0.29) is 5.91 Å². The van der Waals surface area contributed by atoms with E-state index in [4.69, 9.17) is 0 Å². The van der Waals surface area contributed by atoms with Gasteiger partial charge in [-0.2, -0.15) is 0 Å². The minimum atomic E-state index is -0.0874. The highest BCUT2D eigenvalue weighted by atomic mass is 16.1. The average Bonchev–Trinajstić information content (AvgIpc) is 2.54. The zero-order valence-corrected chi connectivity index (χ0v) is 13.0. The van der Waals surface area contributed by atoms with Crippen molar-refractivity contribution in [3.63, 3.8) is 0 Å². The van der Waals surface area contributed by atoms with Gasteiger partial charge >= 0.3 is 0 Å². The number of hydrogen-bond acceptors (Lipinski definition) is 4. The molecular weight excluding hydrogens is 276 g/mol. The fourth-order valence-corrected chi connectivity index (χ4v) is 1.95. The van der Waals surface area contributed by atoms with Crippen molar-refractivity contribution in [2.45, 2.75) is 6.54 Å². The van der Waals surface area contributed by atoms with Crippen molar-refractivity contribution in [1.82, 2.24) is 15.2 Å². The zero-order chi connectivity index (χ0) is 15.8. The number of pyridine rings is 1. The first-order chi connectivity index (χ1) is 10.6. The van der Waals surface area contributed by atoms with Crippen LogP contribution in [0.4, 0.5) is 5.69 Å². The van der Waals surface area contributed by atoms with Crippen LogP contribution in [0, 0.1) is 0 Å². The molecule has 0 aliphatic carbocycles. The lowest BCUT2D eigenvalue weighted by atomic mass is 10.2. The molecule has 0 spiro atoms. The number of carbonyl (C=O) groups excluding carboxylic acids is 1. The average molecular weight is 298 g/mol. The van der Waals surface area contributed by atoms with Crippen LogP contribution in [-0.2, 0) is 6.54 Å². The summed E-state index contributed by atoms with van der Waals surface area (Å²) < 4.78 is 0. The van der Waals surface area contributed by atoms with E-state index in [2.05, 4.69) is 34.6 Å². The van der Waals surface area contributed by atoms with E-state index in [1.165, 1.54) is 0 Å². The number of carbonyl (C=O) groups is 1. The van der Waals surface area contributed by atoms with Crippen LogP contribution in [0.1, 0.15) is 15.9 Å². The number of nitrogens with zero attached hydrogens (tertiary/aromatic N) is 2. The number of benzene rings is 1. The molecular formula is C17H22N4O. The Hall–Kier alpha value is -2.40. The Kier molecular flexibility index (Phi) is 5.91. The molecule has 0 fully saturated rings. The summed E-state index contributed by atoms with van der Waals surface area (Å²) in [4.78, 5) is 18.0. The molecule has 5 nitrogen and oxygen atoms in total. The largest absolute Gasteiger partial charge is 0.384 e. The third-order valence-electron chi connectivity index (χ3n) is 3.24. The van der Waals surface area contributed by atoms with E-state index in [1.54, 1.807) is 24.5 Å². The molecule has 0 saturated heterocycles. The zero-order valence-electron chi connectivity index (χ0n) is 13.0. The summed E-state index contributed by atoms with van der Waals surface area (Å²) in [7, 11) is 4.10. The summed E-state index contributed by atoms with van der Waals surface area (Å²) >= 11 is 0. The van der Waals surface area contributed by atoms with Gasteiger partial charge in [-0.15, -0.1) is 0 Å². The Morgan fingerprint density at radius 1 is 1.09 bits per heavy atom.